The van der Waals surface area contributed by atoms with E-state index in [9.17, 15) is 9.90 Å². The molecule has 2 aliphatic carbocycles. The van der Waals surface area contributed by atoms with Gasteiger partial charge < -0.3 is 15.2 Å². The molecule has 1 fully saturated rings. The number of rotatable bonds is 6. The fourth-order valence-electron chi connectivity index (χ4n) is 4.45. The summed E-state index contributed by atoms with van der Waals surface area (Å²) in [7, 11) is 0. The Morgan fingerprint density at radius 3 is 2.83 bits per heavy atom. The first-order valence-corrected chi connectivity index (χ1v) is 10.6. The Bertz CT molecular complexity index is 893. The maximum absolute atomic E-state index is 12.6. The molecule has 5 heteroatoms. The topological polar surface area (TPSA) is 71.5 Å². The second-order valence-corrected chi connectivity index (χ2v) is 8.58. The van der Waals surface area contributed by atoms with Crippen LogP contribution in [-0.2, 0) is 17.8 Å². The Morgan fingerprint density at radius 2 is 2.14 bits per heavy atom. The third-order valence-electron chi connectivity index (χ3n) is 6.45. The van der Waals surface area contributed by atoms with Gasteiger partial charge in [-0.2, -0.15) is 0 Å². The molecule has 3 atom stereocenters. The summed E-state index contributed by atoms with van der Waals surface area (Å²) in [5.74, 6) is 0.574. The fraction of sp³-hybridized carbons (Fsp3) is 0.500. The zero-order valence-electron chi connectivity index (χ0n) is 17.4. The van der Waals surface area contributed by atoms with Crippen molar-refractivity contribution in [3.05, 3.63) is 58.4 Å². The summed E-state index contributed by atoms with van der Waals surface area (Å²) >= 11 is 0. The van der Waals surface area contributed by atoms with Gasteiger partial charge in [0.05, 0.1) is 6.10 Å². The molecule has 0 radical (unpaired) electrons. The van der Waals surface area contributed by atoms with E-state index in [1.165, 1.54) is 5.56 Å². The Hall–Kier alpha value is -2.40. The van der Waals surface area contributed by atoms with Crippen molar-refractivity contribution in [1.29, 1.82) is 0 Å². The molecule has 0 bridgehead atoms. The maximum Gasteiger partial charge on any atom is 0.223 e. The van der Waals surface area contributed by atoms with Crippen LogP contribution in [-0.4, -0.2) is 22.0 Å². The van der Waals surface area contributed by atoms with Crippen LogP contribution < -0.4 is 10.1 Å². The normalized spacial score (nSPS) is 21.9. The molecule has 2 N–H and O–H groups in total. The standard InChI is InChI=1S/C24H30N2O3/c1-14-11-21(29-13-17-5-4-10-25-12-17)16(3)22-19(14)8-9-20(23(22)27)15(2)24(28)26-18-6-7-18/h4-5,10-12,15,18,20,23,27H,6-9,13H2,1-3H3,(H,26,28). The largest absolute Gasteiger partial charge is 0.489 e. The average Bonchev–Trinajstić information content (AvgIpc) is 3.53. The van der Waals surface area contributed by atoms with Crippen LogP contribution in [0, 0.1) is 25.7 Å². The molecular weight excluding hydrogens is 364 g/mol. The van der Waals surface area contributed by atoms with Gasteiger partial charge in [0.25, 0.3) is 0 Å². The highest BCUT2D eigenvalue weighted by atomic mass is 16.5. The molecule has 29 heavy (non-hydrogen) atoms. The van der Waals surface area contributed by atoms with E-state index in [0.717, 1.165) is 53.7 Å². The minimum Gasteiger partial charge on any atom is -0.489 e. The lowest BCUT2D eigenvalue weighted by molar-refractivity contribution is -0.128. The fourth-order valence-corrected chi connectivity index (χ4v) is 4.45. The summed E-state index contributed by atoms with van der Waals surface area (Å²) in [5.41, 5.74) is 5.27. The number of carbonyl (C=O) groups is 1. The van der Waals surface area contributed by atoms with Crippen molar-refractivity contribution in [1.82, 2.24) is 10.3 Å². The molecule has 1 aromatic heterocycles. The number of pyridine rings is 1. The van der Waals surface area contributed by atoms with E-state index in [1.807, 2.05) is 26.0 Å². The van der Waals surface area contributed by atoms with Crippen LogP contribution >= 0.6 is 0 Å². The molecule has 0 saturated heterocycles. The Balaban J connectivity index is 1.56. The number of aromatic nitrogens is 1. The van der Waals surface area contributed by atoms with E-state index < -0.39 is 6.10 Å². The number of amides is 1. The summed E-state index contributed by atoms with van der Waals surface area (Å²) < 4.78 is 6.09. The molecule has 4 rings (SSSR count). The summed E-state index contributed by atoms with van der Waals surface area (Å²) in [6.07, 6.45) is 6.74. The summed E-state index contributed by atoms with van der Waals surface area (Å²) in [4.78, 5) is 16.7. The predicted molar refractivity (Wildman–Crippen MR) is 112 cm³/mol. The number of hydrogen-bond donors (Lipinski definition) is 2. The molecule has 2 aromatic rings. The van der Waals surface area contributed by atoms with E-state index in [2.05, 4.69) is 23.3 Å². The van der Waals surface area contributed by atoms with Gasteiger partial charge in [-0.05, 0) is 73.9 Å². The van der Waals surface area contributed by atoms with Gasteiger partial charge in [-0.3, -0.25) is 9.78 Å². The Kier molecular flexibility index (Phi) is 5.59. The molecule has 1 aromatic carbocycles. The van der Waals surface area contributed by atoms with E-state index in [1.54, 1.807) is 12.4 Å². The first kappa shape index (κ1) is 19.9. The number of fused-ring (bicyclic) bond motifs is 1. The van der Waals surface area contributed by atoms with Crippen LogP contribution in [0.25, 0.3) is 0 Å². The van der Waals surface area contributed by atoms with Crippen molar-refractivity contribution in [3.8, 4) is 5.75 Å². The van der Waals surface area contributed by atoms with E-state index in [-0.39, 0.29) is 17.7 Å². The second-order valence-electron chi connectivity index (χ2n) is 8.58. The molecule has 0 spiro atoms. The predicted octanol–water partition coefficient (Wildman–Crippen LogP) is 3.79. The molecule has 1 amide bonds. The lowest BCUT2D eigenvalue weighted by atomic mass is 9.72. The van der Waals surface area contributed by atoms with Gasteiger partial charge in [0.1, 0.15) is 12.4 Å². The van der Waals surface area contributed by atoms with Crippen molar-refractivity contribution in [2.24, 2.45) is 11.8 Å². The zero-order chi connectivity index (χ0) is 20.5. The summed E-state index contributed by atoms with van der Waals surface area (Å²) in [6, 6.07) is 6.29. The van der Waals surface area contributed by atoms with Gasteiger partial charge in [-0.25, -0.2) is 0 Å². The number of aliphatic hydroxyl groups excluding tert-OH is 1. The number of hydrogen-bond acceptors (Lipinski definition) is 4. The van der Waals surface area contributed by atoms with Crippen LogP contribution in [0.15, 0.2) is 30.6 Å². The van der Waals surface area contributed by atoms with Crippen LogP contribution in [0.5, 0.6) is 5.75 Å². The van der Waals surface area contributed by atoms with Gasteiger partial charge in [0.15, 0.2) is 0 Å². The van der Waals surface area contributed by atoms with Crippen LogP contribution in [0.4, 0.5) is 0 Å². The molecule has 2 aliphatic rings. The van der Waals surface area contributed by atoms with Crippen molar-refractivity contribution in [2.75, 3.05) is 0 Å². The molecule has 154 valence electrons. The van der Waals surface area contributed by atoms with Crippen LogP contribution in [0.3, 0.4) is 0 Å². The first-order chi connectivity index (χ1) is 14.0. The van der Waals surface area contributed by atoms with Crippen LogP contribution in [0.1, 0.15) is 60.1 Å². The summed E-state index contributed by atoms with van der Waals surface area (Å²) in [5, 5.41) is 14.4. The Labute approximate surface area is 172 Å². The van der Waals surface area contributed by atoms with Gasteiger partial charge in [0.2, 0.25) is 5.91 Å². The lowest BCUT2D eigenvalue weighted by Gasteiger charge is -2.36. The maximum atomic E-state index is 12.6. The minimum absolute atomic E-state index is 0.0679. The SMILES string of the molecule is Cc1cc(OCc2cccnc2)c(C)c2c1CCC(C(C)C(=O)NC1CC1)C2O. The van der Waals surface area contributed by atoms with Gasteiger partial charge in [-0.15, -0.1) is 0 Å². The number of carbonyl (C=O) groups excluding carboxylic acids is 1. The third-order valence-corrected chi connectivity index (χ3v) is 6.45. The third kappa shape index (κ3) is 4.15. The van der Waals surface area contributed by atoms with Crippen molar-refractivity contribution in [2.45, 2.75) is 65.2 Å². The molecule has 1 heterocycles. The highest BCUT2D eigenvalue weighted by Gasteiger charge is 2.38. The van der Waals surface area contributed by atoms with Crippen molar-refractivity contribution in [3.63, 3.8) is 0 Å². The molecule has 1 saturated carbocycles. The second kappa shape index (κ2) is 8.15. The van der Waals surface area contributed by atoms with Gasteiger partial charge in [-0.1, -0.05) is 13.0 Å². The molecular formula is C24H30N2O3. The van der Waals surface area contributed by atoms with E-state index in [0.29, 0.717) is 12.6 Å². The van der Waals surface area contributed by atoms with Crippen molar-refractivity contribution >= 4 is 5.91 Å². The van der Waals surface area contributed by atoms with Crippen molar-refractivity contribution < 1.29 is 14.6 Å². The van der Waals surface area contributed by atoms with E-state index >= 15 is 0 Å². The van der Waals surface area contributed by atoms with E-state index in [4.69, 9.17) is 4.74 Å². The number of aliphatic hydroxyl groups is 1. The van der Waals surface area contributed by atoms with Gasteiger partial charge >= 0.3 is 0 Å². The molecule has 3 unspecified atom stereocenters. The summed E-state index contributed by atoms with van der Waals surface area (Å²) in [6.45, 7) is 6.47. The number of ether oxygens (including phenoxy) is 1. The first-order valence-electron chi connectivity index (χ1n) is 10.6. The number of nitrogens with zero attached hydrogens (tertiary/aromatic N) is 1. The smallest absolute Gasteiger partial charge is 0.223 e. The van der Waals surface area contributed by atoms with Gasteiger partial charge in [0, 0.05) is 35.8 Å². The minimum atomic E-state index is -0.653. The zero-order valence-corrected chi connectivity index (χ0v) is 17.4. The average molecular weight is 395 g/mol. The molecule has 0 aliphatic heterocycles. The number of nitrogens with one attached hydrogen (secondary N) is 1. The Morgan fingerprint density at radius 1 is 1.34 bits per heavy atom. The number of aryl methyl sites for hydroxylation is 1. The lowest BCUT2D eigenvalue weighted by Crippen LogP contribution is -2.38. The number of benzene rings is 1. The highest BCUT2D eigenvalue weighted by Crippen LogP contribution is 2.44. The quantitative estimate of drug-likeness (QED) is 0.782. The highest BCUT2D eigenvalue weighted by molar-refractivity contribution is 5.79. The van der Waals surface area contributed by atoms with Crippen LogP contribution in [0.2, 0.25) is 0 Å². The monoisotopic (exact) mass is 394 g/mol. The molecule has 5 nitrogen and oxygen atoms in total.